The maximum atomic E-state index is 12.7. The minimum atomic E-state index is -3.58. The molecule has 0 aliphatic rings. The highest BCUT2D eigenvalue weighted by Gasteiger charge is 2.24. The zero-order chi connectivity index (χ0) is 38.6. The van der Waals surface area contributed by atoms with Gasteiger partial charge in [-0.3, -0.25) is 0 Å². The van der Waals surface area contributed by atoms with Crippen LogP contribution in [0.3, 0.4) is 0 Å². The van der Waals surface area contributed by atoms with E-state index in [2.05, 4.69) is 35.6 Å². The molecule has 3 heterocycles. The van der Waals surface area contributed by atoms with E-state index >= 15 is 0 Å². The van der Waals surface area contributed by atoms with Crippen LogP contribution in [0, 0.1) is 13.8 Å². The number of hydrogen-bond acceptors (Lipinski definition) is 7. The Hall–Kier alpha value is -4.29. The first-order chi connectivity index (χ1) is 25.6. The highest BCUT2D eigenvalue weighted by Crippen LogP contribution is 2.34. The smallest absolute Gasteiger partial charge is 0.233 e. The number of aromatic nitrogens is 4. The Kier molecular flexibility index (Phi) is 12.1. The molecule has 0 bridgehead atoms. The maximum Gasteiger partial charge on any atom is 0.250 e. The van der Waals surface area contributed by atoms with Gasteiger partial charge >= 0.3 is 0 Å². The van der Waals surface area contributed by atoms with Gasteiger partial charge < -0.3 is 0 Å². The average molecular weight is 858 g/mol. The van der Waals surface area contributed by atoms with Crippen molar-refractivity contribution in [3.8, 4) is 55.7 Å². The van der Waals surface area contributed by atoms with E-state index in [0.717, 1.165) is 70.8 Å². The number of aryl methyl sites for hydroxylation is 2. The molecule has 0 unspecified atom stereocenters. The topological polar surface area (TPSA) is 97.7 Å². The number of rotatable bonds is 7. The summed E-state index contributed by atoms with van der Waals surface area (Å²) in [7, 11) is -3.58. The van der Waals surface area contributed by atoms with E-state index in [-0.39, 0.29) is 4.21 Å². The van der Waals surface area contributed by atoms with Gasteiger partial charge in [0.05, 0.1) is 11.4 Å². The molecule has 54 heavy (non-hydrogen) atoms. The molecule has 0 spiro atoms. The van der Waals surface area contributed by atoms with E-state index in [1.807, 2.05) is 150 Å². The maximum absolute atomic E-state index is 12.7. The zero-order valence-corrected chi connectivity index (χ0v) is 34.8. The summed E-state index contributed by atoms with van der Waals surface area (Å²) in [6.45, 7) is 9.38. The molecule has 7 aromatic rings. The van der Waals surface area contributed by atoms with Crippen LogP contribution in [0.4, 0.5) is 0 Å². The lowest BCUT2D eigenvalue weighted by molar-refractivity contribution is 0.492. The van der Waals surface area contributed by atoms with Crippen molar-refractivity contribution in [3.05, 3.63) is 147 Å². The Labute approximate surface area is 338 Å². The number of sulfonamides is 1. The number of hydrogen-bond donors (Lipinski definition) is 1. The molecule has 0 fully saturated rings. The second-order valence-corrected chi connectivity index (χ2v) is 18.3. The van der Waals surface area contributed by atoms with Crippen molar-refractivity contribution in [1.29, 1.82) is 0 Å². The Bertz CT molecular complexity index is 2540. The number of halogens is 3. The summed E-state index contributed by atoms with van der Waals surface area (Å²) in [6.07, 6.45) is 0. The minimum Gasteiger partial charge on any atom is -0.233 e. The monoisotopic (exact) mass is 855 g/mol. The van der Waals surface area contributed by atoms with Crippen molar-refractivity contribution in [2.45, 2.75) is 44.4 Å². The Balaban J connectivity index is 0.000000203. The minimum absolute atomic E-state index is 0.287. The van der Waals surface area contributed by atoms with Gasteiger partial charge in [0.1, 0.15) is 4.21 Å². The lowest BCUT2D eigenvalue weighted by atomic mass is 10.1. The standard InChI is InChI=1S/C25H24ClN3O2S2.C17H12BrClN2/c1-16-14-21(17-8-10-20(26)11-9-17)28-24(27-16)19-7-5-6-18(15-19)22-12-13-23(32-22)33(30,31)29-25(2,3)4;1-11-9-16(12-5-7-15(19)8-6-12)21-17(20-11)13-3-2-4-14(18)10-13/h5-15,29H,1-4H3;2-10H,1H3. The normalized spacial score (nSPS) is 11.6. The highest BCUT2D eigenvalue weighted by molar-refractivity contribution is 9.10. The van der Waals surface area contributed by atoms with Gasteiger partial charge in [0, 0.05) is 58.6 Å². The molecule has 0 aliphatic carbocycles. The lowest BCUT2D eigenvalue weighted by Gasteiger charge is -2.19. The van der Waals surface area contributed by atoms with Gasteiger partial charge in [-0.05, 0) is 107 Å². The van der Waals surface area contributed by atoms with Crippen molar-refractivity contribution in [2.24, 2.45) is 0 Å². The van der Waals surface area contributed by atoms with Crippen LogP contribution < -0.4 is 4.72 Å². The fraction of sp³-hybridized carbons (Fsp3) is 0.143. The van der Waals surface area contributed by atoms with E-state index < -0.39 is 15.6 Å². The fourth-order valence-electron chi connectivity index (χ4n) is 5.44. The predicted octanol–water partition coefficient (Wildman–Crippen LogP) is 12.1. The van der Waals surface area contributed by atoms with Crippen molar-refractivity contribution in [1.82, 2.24) is 24.7 Å². The number of benzene rings is 4. The first-order valence-corrected chi connectivity index (χ1v) is 20.7. The summed E-state index contributed by atoms with van der Waals surface area (Å²) in [5.74, 6) is 1.34. The Morgan fingerprint density at radius 1 is 0.593 bits per heavy atom. The van der Waals surface area contributed by atoms with Crippen LogP contribution in [0.2, 0.25) is 10.0 Å². The molecule has 4 aromatic carbocycles. The van der Waals surface area contributed by atoms with Crippen LogP contribution >= 0.6 is 50.5 Å². The van der Waals surface area contributed by atoms with E-state index in [0.29, 0.717) is 10.8 Å². The summed E-state index contributed by atoms with van der Waals surface area (Å²) in [6, 6.07) is 38.4. The first kappa shape index (κ1) is 39.4. The summed E-state index contributed by atoms with van der Waals surface area (Å²) >= 11 is 16.7. The van der Waals surface area contributed by atoms with Crippen molar-refractivity contribution < 1.29 is 8.42 Å². The van der Waals surface area contributed by atoms with Crippen LogP contribution in [-0.4, -0.2) is 33.9 Å². The number of thiophene rings is 1. The lowest BCUT2D eigenvalue weighted by Crippen LogP contribution is -2.40. The molecule has 0 amide bonds. The molecule has 0 radical (unpaired) electrons. The molecular weight excluding hydrogens is 821 g/mol. The predicted molar refractivity (Wildman–Crippen MR) is 226 cm³/mol. The van der Waals surface area contributed by atoms with Gasteiger partial charge in [-0.1, -0.05) is 93.7 Å². The molecule has 0 aliphatic heterocycles. The Morgan fingerprint density at radius 2 is 1.07 bits per heavy atom. The fourth-order valence-corrected chi connectivity index (χ4v) is 8.82. The van der Waals surface area contributed by atoms with Crippen LogP contribution in [0.15, 0.2) is 130 Å². The SMILES string of the molecule is Cc1cc(-c2ccc(Cl)cc2)nc(-c2cccc(-c3ccc(S(=O)(=O)NC(C)(C)C)s3)c2)n1.Cc1cc(-c2ccc(Cl)cc2)nc(-c2cccc(Br)c2)n1. The third kappa shape index (κ3) is 10.3. The largest absolute Gasteiger partial charge is 0.250 e. The third-order valence-corrected chi connectivity index (χ3v) is 12.1. The van der Waals surface area contributed by atoms with Crippen LogP contribution in [0.5, 0.6) is 0 Å². The molecule has 12 heteroatoms. The van der Waals surface area contributed by atoms with E-state index in [1.165, 1.54) is 11.3 Å². The van der Waals surface area contributed by atoms with Crippen LogP contribution in [0.25, 0.3) is 55.7 Å². The van der Waals surface area contributed by atoms with E-state index in [9.17, 15) is 8.42 Å². The number of nitrogens with one attached hydrogen (secondary N) is 1. The molecule has 7 nitrogen and oxygen atoms in total. The van der Waals surface area contributed by atoms with Gasteiger partial charge in [-0.2, -0.15) is 0 Å². The van der Waals surface area contributed by atoms with Gasteiger partial charge in [0.25, 0.3) is 10.0 Å². The van der Waals surface area contributed by atoms with Gasteiger partial charge in [-0.15, -0.1) is 11.3 Å². The van der Waals surface area contributed by atoms with Crippen molar-refractivity contribution in [3.63, 3.8) is 0 Å². The Morgan fingerprint density at radius 3 is 1.57 bits per heavy atom. The first-order valence-electron chi connectivity index (χ1n) is 16.9. The molecule has 3 aromatic heterocycles. The summed E-state index contributed by atoms with van der Waals surface area (Å²) < 4.78 is 29.4. The molecule has 1 N–H and O–H groups in total. The van der Waals surface area contributed by atoms with E-state index in [4.69, 9.17) is 28.2 Å². The van der Waals surface area contributed by atoms with Crippen molar-refractivity contribution in [2.75, 3.05) is 0 Å². The quantitative estimate of drug-likeness (QED) is 0.171. The third-order valence-electron chi connectivity index (χ3n) is 7.76. The molecule has 0 saturated carbocycles. The van der Waals surface area contributed by atoms with Crippen molar-refractivity contribution >= 4 is 60.5 Å². The van der Waals surface area contributed by atoms with Gasteiger partial charge in [-0.25, -0.2) is 33.1 Å². The number of nitrogens with zero attached hydrogens (tertiary/aromatic N) is 4. The highest BCUT2D eigenvalue weighted by atomic mass is 79.9. The van der Waals surface area contributed by atoms with Crippen LogP contribution in [-0.2, 0) is 10.0 Å². The van der Waals surface area contributed by atoms with Crippen LogP contribution in [0.1, 0.15) is 32.2 Å². The summed E-state index contributed by atoms with van der Waals surface area (Å²) in [5.41, 5.74) is 7.70. The molecule has 0 atom stereocenters. The second-order valence-electron chi connectivity index (χ2n) is 13.5. The molecule has 0 saturated heterocycles. The molecule has 274 valence electrons. The summed E-state index contributed by atoms with van der Waals surface area (Å²) in [4.78, 5) is 19.5. The molecular formula is C42H36BrCl2N5O2S2. The summed E-state index contributed by atoms with van der Waals surface area (Å²) in [5, 5.41) is 1.39. The van der Waals surface area contributed by atoms with E-state index in [1.54, 1.807) is 6.07 Å². The van der Waals surface area contributed by atoms with Gasteiger partial charge in [0.2, 0.25) is 0 Å². The average Bonchev–Trinajstić information content (AvgIpc) is 3.63. The second kappa shape index (κ2) is 16.6. The van der Waals surface area contributed by atoms with Gasteiger partial charge in [0.15, 0.2) is 11.6 Å². The molecule has 7 rings (SSSR count). The zero-order valence-electron chi connectivity index (χ0n) is 30.1.